The highest BCUT2D eigenvalue weighted by molar-refractivity contribution is 5.84. The van der Waals surface area contributed by atoms with E-state index in [0.29, 0.717) is 28.4 Å². The predicted molar refractivity (Wildman–Crippen MR) is 123 cm³/mol. The standard InChI is InChI=1S/C24H32N2O7/c1-29-19-8-13-6-7-26-18(15(13)11-20(19)30-2)10-14(27)9-16-17(12-25)22(31-3)24(33-5)23(32-4)21(16)28/h8,11,18,26,28H,6-7,9-10,12,25H2,1-5H3. The van der Waals surface area contributed by atoms with E-state index in [4.69, 9.17) is 29.4 Å². The third-order valence-electron chi connectivity index (χ3n) is 5.98. The number of phenols is 1. The lowest BCUT2D eigenvalue weighted by molar-refractivity contribution is -0.119. The normalized spacial score (nSPS) is 14.9. The molecule has 0 saturated heterocycles. The fraction of sp³-hybridized carbons (Fsp3) is 0.458. The van der Waals surface area contributed by atoms with Crippen LogP contribution in [0.25, 0.3) is 0 Å². The maximum Gasteiger partial charge on any atom is 0.207 e. The summed E-state index contributed by atoms with van der Waals surface area (Å²) in [5.74, 6) is 1.71. The molecule has 0 fully saturated rings. The molecule has 0 saturated carbocycles. The van der Waals surface area contributed by atoms with Crippen LogP contribution in [0.5, 0.6) is 34.5 Å². The lowest BCUT2D eigenvalue weighted by Gasteiger charge is -2.28. The monoisotopic (exact) mass is 460 g/mol. The fourth-order valence-electron chi connectivity index (χ4n) is 4.41. The number of ketones is 1. The first kappa shape index (κ1) is 24.5. The molecular formula is C24H32N2O7. The van der Waals surface area contributed by atoms with Gasteiger partial charge in [0.15, 0.2) is 23.0 Å². The number of methoxy groups -OCH3 is 5. The smallest absolute Gasteiger partial charge is 0.207 e. The van der Waals surface area contributed by atoms with E-state index >= 15 is 0 Å². The minimum absolute atomic E-state index is 0.0319. The average Bonchev–Trinajstić information content (AvgIpc) is 2.83. The van der Waals surface area contributed by atoms with Crippen molar-refractivity contribution in [1.29, 1.82) is 0 Å². The second-order valence-corrected chi connectivity index (χ2v) is 7.69. The summed E-state index contributed by atoms with van der Waals surface area (Å²) in [6.07, 6.45) is 1.02. The van der Waals surface area contributed by atoms with E-state index in [1.54, 1.807) is 14.2 Å². The summed E-state index contributed by atoms with van der Waals surface area (Å²) in [7, 11) is 7.52. The Morgan fingerprint density at radius 2 is 1.61 bits per heavy atom. The van der Waals surface area contributed by atoms with Crippen LogP contribution in [-0.4, -0.2) is 53.0 Å². The molecule has 1 aliphatic rings. The second-order valence-electron chi connectivity index (χ2n) is 7.69. The number of Topliss-reactive ketones (excluding diaryl/α,β-unsaturated/α-hetero) is 1. The Bertz CT molecular complexity index is 1020. The lowest BCUT2D eigenvalue weighted by atomic mass is 9.89. The van der Waals surface area contributed by atoms with Gasteiger partial charge in [0.2, 0.25) is 11.5 Å². The van der Waals surface area contributed by atoms with Gasteiger partial charge in [-0.25, -0.2) is 0 Å². The first-order valence-electron chi connectivity index (χ1n) is 10.7. The summed E-state index contributed by atoms with van der Waals surface area (Å²) in [6.45, 7) is 0.797. The summed E-state index contributed by atoms with van der Waals surface area (Å²) < 4.78 is 27.0. The fourth-order valence-corrected chi connectivity index (χ4v) is 4.41. The van der Waals surface area contributed by atoms with Gasteiger partial charge >= 0.3 is 0 Å². The van der Waals surface area contributed by atoms with Gasteiger partial charge in [-0.1, -0.05) is 0 Å². The number of rotatable bonds is 10. The Kier molecular flexibility index (Phi) is 7.88. The molecule has 0 aromatic heterocycles. The number of phenolic OH excluding ortho intramolecular Hbond substituents is 1. The number of aromatic hydroxyl groups is 1. The molecule has 1 aliphatic heterocycles. The van der Waals surface area contributed by atoms with Crippen molar-refractivity contribution in [3.05, 3.63) is 34.4 Å². The van der Waals surface area contributed by atoms with E-state index in [0.717, 1.165) is 24.1 Å². The van der Waals surface area contributed by atoms with Crippen LogP contribution >= 0.6 is 0 Å². The first-order chi connectivity index (χ1) is 15.9. The van der Waals surface area contributed by atoms with Gasteiger partial charge in [-0.3, -0.25) is 4.79 Å². The van der Waals surface area contributed by atoms with Gasteiger partial charge in [0.05, 0.1) is 35.5 Å². The molecule has 1 unspecified atom stereocenters. The van der Waals surface area contributed by atoms with Crippen molar-refractivity contribution in [1.82, 2.24) is 5.32 Å². The SMILES string of the molecule is COc1cc2c(cc1OC)C(CC(=O)Cc1c(O)c(OC)c(OC)c(OC)c1CN)NCC2. The van der Waals surface area contributed by atoms with Crippen LogP contribution in [0, 0.1) is 0 Å². The van der Waals surface area contributed by atoms with Crippen LogP contribution in [-0.2, 0) is 24.2 Å². The molecule has 1 atom stereocenters. The van der Waals surface area contributed by atoms with E-state index < -0.39 is 0 Å². The van der Waals surface area contributed by atoms with Crippen LogP contribution < -0.4 is 34.7 Å². The number of carbonyl (C=O) groups excluding carboxylic acids is 1. The van der Waals surface area contributed by atoms with Crippen molar-refractivity contribution in [3.8, 4) is 34.5 Å². The quantitative estimate of drug-likeness (QED) is 0.490. The topological polar surface area (TPSA) is 122 Å². The zero-order valence-corrected chi connectivity index (χ0v) is 19.7. The van der Waals surface area contributed by atoms with Gasteiger partial charge in [-0.15, -0.1) is 0 Å². The van der Waals surface area contributed by atoms with Crippen molar-refractivity contribution < 1.29 is 33.6 Å². The summed E-state index contributed by atoms with van der Waals surface area (Å²) >= 11 is 0. The Morgan fingerprint density at radius 1 is 0.970 bits per heavy atom. The number of hydrogen-bond acceptors (Lipinski definition) is 9. The van der Waals surface area contributed by atoms with Gasteiger partial charge in [-0.05, 0) is 36.2 Å². The largest absolute Gasteiger partial charge is 0.504 e. The molecule has 0 radical (unpaired) electrons. The van der Waals surface area contributed by atoms with Crippen molar-refractivity contribution >= 4 is 5.78 Å². The van der Waals surface area contributed by atoms with Crippen molar-refractivity contribution in [2.45, 2.75) is 31.8 Å². The molecule has 4 N–H and O–H groups in total. The van der Waals surface area contributed by atoms with Crippen LogP contribution in [0.3, 0.4) is 0 Å². The molecule has 0 bridgehead atoms. The van der Waals surface area contributed by atoms with E-state index in [-0.39, 0.29) is 48.5 Å². The summed E-state index contributed by atoms with van der Waals surface area (Å²) in [5, 5.41) is 14.3. The number of nitrogens with one attached hydrogen (secondary N) is 1. The molecule has 2 aromatic carbocycles. The zero-order chi connectivity index (χ0) is 24.1. The molecule has 0 spiro atoms. The second kappa shape index (κ2) is 10.6. The number of ether oxygens (including phenoxy) is 5. The Morgan fingerprint density at radius 3 is 2.18 bits per heavy atom. The molecule has 33 heavy (non-hydrogen) atoms. The van der Waals surface area contributed by atoms with E-state index in [1.165, 1.54) is 21.3 Å². The molecule has 180 valence electrons. The number of nitrogens with two attached hydrogens (primary N) is 1. The molecular weight excluding hydrogens is 428 g/mol. The Balaban J connectivity index is 1.93. The van der Waals surface area contributed by atoms with Crippen LogP contribution in [0.15, 0.2) is 12.1 Å². The molecule has 9 heteroatoms. The third-order valence-corrected chi connectivity index (χ3v) is 5.98. The maximum atomic E-state index is 13.2. The lowest BCUT2D eigenvalue weighted by Crippen LogP contribution is -2.32. The van der Waals surface area contributed by atoms with E-state index in [1.807, 2.05) is 12.1 Å². The molecule has 0 aliphatic carbocycles. The highest BCUT2D eigenvalue weighted by Gasteiger charge is 2.29. The molecule has 0 amide bonds. The summed E-state index contributed by atoms with van der Waals surface area (Å²) in [6, 6.07) is 3.69. The first-order valence-corrected chi connectivity index (χ1v) is 10.7. The Labute approximate surface area is 193 Å². The summed E-state index contributed by atoms with van der Waals surface area (Å²) in [4.78, 5) is 13.2. The van der Waals surface area contributed by atoms with Crippen LogP contribution in [0.1, 0.15) is 34.7 Å². The minimum atomic E-state index is -0.188. The van der Waals surface area contributed by atoms with Gasteiger partial charge in [0, 0.05) is 36.6 Å². The van der Waals surface area contributed by atoms with Crippen LogP contribution in [0.4, 0.5) is 0 Å². The van der Waals surface area contributed by atoms with Crippen molar-refractivity contribution in [2.75, 3.05) is 42.1 Å². The highest BCUT2D eigenvalue weighted by atomic mass is 16.5. The van der Waals surface area contributed by atoms with Crippen molar-refractivity contribution in [2.24, 2.45) is 5.73 Å². The number of hydrogen-bond donors (Lipinski definition) is 3. The van der Waals surface area contributed by atoms with Gasteiger partial charge in [0.25, 0.3) is 0 Å². The van der Waals surface area contributed by atoms with Gasteiger partial charge in [0.1, 0.15) is 5.78 Å². The van der Waals surface area contributed by atoms with Gasteiger partial charge < -0.3 is 39.8 Å². The molecule has 9 nitrogen and oxygen atoms in total. The van der Waals surface area contributed by atoms with Crippen LogP contribution in [0.2, 0.25) is 0 Å². The predicted octanol–water partition coefficient (Wildman–Crippen LogP) is 2.28. The van der Waals surface area contributed by atoms with Gasteiger partial charge in [-0.2, -0.15) is 0 Å². The number of fused-ring (bicyclic) bond motifs is 1. The number of benzene rings is 2. The zero-order valence-electron chi connectivity index (χ0n) is 19.7. The van der Waals surface area contributed by atoms with E-state index in [9.17, 15) is 9.90 Å². The average molecular weight is 461 g/mol. The molecule has 2 aromatic rings. The molecule has 3 rings (SSSR count). The minimum Gasteiger partial charge on any atom is -0.504 e. The van der Waals surface area contributed by atoms with E-state index in [2.05, 4.69) is 5.32 Å². The number of carbonyl (C=O) groups is 1. The highest BCUT2D eigenvalue weighted by Crippen LogP contribution is 2.49. The maximum absolute atomic E-state index is 13.2. The Hall–Kier alpha value is -3.17. The summed E-state index contributed by atoms with van der Waals surface area (Å²) in [5.41, 5.74) is 8.95. The van der Waals surface area contributed by atoms with Crippen molar-refractivity contribution in [3.63, 3.8) is 0 Å². The molecule has 1 heterocycles. The third kappa shape index (κ3) is 4.65.